The molecule has 1 N–H and O–H groups in total. The van der Waals surface area contributed by atoms with Crippen molar-refractivity contribution >= 4 is 33.1 Å². The van der Waals surface area contributed by atoms with Gasteiger partial charge in [-0.15, -0.1) is 11.3 Å². The molecule has 4 rings (SSSR count). The van der Waals surface area contributed by atoms with Gasteiger partial charge >= 0.3 is 0 Å². The highest BCUT2D eigenvalue weighted by atomic mass is 32.1. The Balaban J connectivity index is 1.47. The third kappa shape index (κ3) is 4.06. The molecule has 0 atom stereocenters. The van der Waals surface area contributed by atoms with Gasteiger partial charge in [0.15, 0.2) is 5.96 Å². The molecule has 0 bridgehead atoms. The molecule has 0 saturated carbocycles. The van der Waals surface area contributed by atoms with Crippen LogP contribution in [0.4, 0.5) is 5.00 Å². The van der Waals surface area contributed by atoms with Crippen molar-refractivity contribution in [3.05, 3.63) is 59.7 Å². The van der Waals surface area contributed by atoms with Crippen LogP contribution in [0.3, 0.4) is 0 Å². The maximum atomic E-state index is 4.90. The highest BCUT2D eigenvalue weighted by Crippen LogP contribution is 2.22. The Labute approximate surface area is 164 Å². The molecule has 1 aliphatic rings. The molecule has 0 aliphatic carbocycles. The van der Waals surface area contributed by atoms with Gasteiger partial charge < -0.3 is 15.1 Å². The zero-order valence-corrected chi connectivity index (χ0v) is 16.5. The molecular formula is C21H25N5S. The van der Waals surface area contributed by atoms with E-state index in [0.29, 0.717) is 6.54 Å². The summed E-state index contributed by atoms with van der Waals surface area (Å²) in [4.78, 5) is 14.3. The van der Waals surface area contributed by atoms with Crippen LogP contribution in [-0.2, 0) is 6.54 Å². The smallest absolute Gasteiger partial charge is 0.194 e. The van der Waals surface area contributed by atoms with Crippen LogP contribution >= 0.6 is 11.3 Å². The van der Waals surface area contributed by atoms with Crippen LogP contribution in [0.2, 0.25) is 0 Å². The summed E-state index contributed by atoms with van der Waals surface area (Å²) in [6.45, 7) is 7.59. The lowest BCUT2D eigenvalue weighted by molar-refractivity contribution is 0.373. The van der Waals surface area contributed by atoms with Crippen molar-refractivity contribution in [2.45, 2.75) is 13.5 Å². The highest BCUT2D eigenvalue weighted by Gasteiger charge is 2.20. The van der Waals surface area contributed by atoms with Gasteiger partial charge in [-0.25, -0.2) is 4.99 Å². The summed E-state index contributed by atoms with van der Waals surface area (Å²) in [5, 5.41) is 9.35. The van der Waals surface area contributed by atoms with E-state index >= 15 is 0 Å². The van der Waals surface area contributed by atoms with Crippen molar-refractivity contribution in [3.63, 3.8) is 0 Å². The average Bonchev–Trinajstić information content (AvgIpc) is 3.26. The number of thiophene rings is 1. The maximum absolute atomic E-state index is 4.90. The van der Waals surface area contributed by atoms with Gasteiger partial charge in [-0.1, -0.05) is 24.3 Å². The lowest BCUT2D eigenvalue weighted by atomic mass is 10.1. The van der Waals surface area contributed by atoms with E-state index in [-0.39, 0.29) is 0 Å². The number of benzene rings is 1. The van der Waals surface area contributed by atoms with Crippen molar-refractivity contribution in [2.24, 2.45) is 4.99 Å². The predicted molar refractivity (Wildman–Crippen MR) is 115 cm³/mol. The van der Waals surface area contributed by atoms with Gasteiger partial charge in [0.2, 0.25) is 0 Å². The van der Waals surface area contributed by atoms with Crippen LogP contribution in [0.5, 0.6) is 0 Å². The number of nitrogens with one attached hydrogen (secondary N) is 1. The van der Waals surface area contributed by atoms with E-state index in [1.54, 1.807) is 0 Å². The average molecular weight is 380 g/mol. The van der Waals surface area contributed by atoms with Crippen LogP contribution in [0, 0.1) is 0 Å². The molecule has 1 fully saturated rings. The highest BCUT2D eigenvalue weighted by molar-refractivity contribution is 7.14. The standard InChI is InChI=1S/C21H25N5S/c1-2-22-21(26-13-11-25(12-14-26)20-8-5-15-27-20)24-16-19-18-7-4-3-6-17(18)9-10-23-19/h3-10,15H,2,11-14,16H2,1H3,(H,22,24). The van der Waals surface area contributed by atoms with Crippen molar-refractivity contribution in [1.82, 2.24) is 15.2 Å². The van der Waals surface area contributed by atoms with Gasteiger partial charge in [0.1, 0.15) is 0 Å². The van der Waals surface area contributed by atoms with Crippen LogP contribution in [0.15, 0.2) is 59.0 Å². The first-order valence-electron chi connectivity index (χ1n) is 9.49. The Morgan fingerprint density at radius 3 is 2.74 bits per heavy atom. The fourth-order valence-corrected chi connectivity index (χ4v) is 4.26. The van der Waals surface area contributed by atoms with Gasteiger partial charge in [-0.2, -0.15) is 0 Å². The molecule has 3 aromatic rings. The first-order chi connectivity index (χ1) is 13.3. The number of nitrogens with zero attached hydrogens (tertiary/aromatic N) is 4. The molecule has 1 saturated heterocycles. The van der Waals surface area contributed by atoms with E-state index in [0.717, 1.165) is 44.4 Å². The molecule has 0 radical (unpaired) electrons. The van der Waals surface area contributed by atoms with Crippen LogP contribution in [0.25, 0.3) is 10.8 Å². The number of aromatic nitrogens is 1. The fourth-order valence-electron chi connectivity index (χ4n) is 3.47. The van der Waals surface area contributed by atoms with Crippen LogP contribution in [0.1, 0.15) is 12.6 Å². The zero-order chi connectivity index (χ0) is 18.5. The molecule has 27 heavy (non-hydrogen) atoms. The van der Waals surface area contributed by atoms with Gasteiger partial charge in [0.05, 0.1) is 17.2 Å². The summed E-state index contributed by atoms with van der Waals surface area (Å²) in [6.07, 6.45) is 1.87. The number of guanidine groups is 1. The molecule has 0 spiro atoms. The van der Waals surface area contributed by atoms with E-state index in [1.807, 2.05) is 17.5 Å². The topological polar surface area (TPSA) is 43.8 Å². The van der Waals surface area contributed by atoms with E-state index in [2.05, 4.69) is 74.9 Å². The second-order valence-corrected chi connectivity index (χ2v) is 7.50. The van der Waals surface area contributed by atoms with Gasteiger partial charge in [0.25, 0.3) is 0 Å². The minimum atomic E-state index is 0.592. The molecule has 3 heterocycles. The first kappa shape index (κ1) is 17.8. The molecular weight excluding hydrogens is 354 g/mol. The number of aliphatic imine (C=N–C) groups is 1. The van der Waals surface area contributed by atoms with Gasteiger partial charge in [0, 0.05) is 44.3 Å². The summed E-state index contributed by atoms with van der Waals surface area (Å²) in [5.74, 6) is 0.984. The molecule has 6 heteroatoms. The van der Waals surface area contributed by atoms with E-state index in [4.69, 9.17) is 4.99 Å². The van der Waals surface area contributed by atoms with Crippen molar-refractivity contribution in [3.8, 4) is 0 Å². The van der Waals surface area contributed by atoms with Crippen LogP contribution < -0.4 is 10.2 Å². The maximum Gasteiger partial charge on any atom is 0.194 e. The number of anilines is 1. The lowest BCUT2D eigenvalue weighted by Crippen LogP contribution is -2.52. The Morgan fingerprint density at radius 1 is 1.11 bits per heavy atom. The lowest BCUT2D eigenvalue weighted by Gasteiger charge is -2.37. The third-order valence-electron chi connectivity index (χ3n) is 4.87. The van der Waals surface area contributed by atoms with Gasteiger partial charge in [-0.05, 0) is 35.9 Å². The molecule has 2 aromatic heterocycles. The largest absolute Gasteiger partial charge is 0.360 e. The first-order valence-corrected chi connectivity index (χ1v) is 10.4. The summed E-state index contributed by atoms with van der Waals surface area (Å²) < 4.78 is 0. The normalized spacial score (nSPS) is 15.4. The van der Waals surface area contributed by atoms with E-state index in [9.17, 15) is 0 Å². The zero-order valence-electron chi connectivity index (χ0n) is 15.6. The van der Waals surface area contributed by atoms with Crippen molar-refractivity contribution < 1.29 is 0 Å². The molecule has 1 aromatic carbocycles. The fraction of sp³-hybridized carbons (Fsp3) is 0.333. The third-order valence-corrected chi connectivity index (χ3v) is 5.80. The number of rotatable bonds is 4. The Hall–Kier alpha value is -2.60. The quantitative estimate of drug-likeness (QED) is 0.556. The second-order valence-electron chi connectivity index (χ2n) is 6.57. The summed E-state index contributed by atoms with van der Waals surface area (Å²) in [6, 6.07) is 14.7. The number of fused-ring (bicyclic) bond motifs is 1. The molecule has 140 valence electrons. The molecule has 5 nitrogen and oxygen atoms in total. The number of pyridine rings is 1. The second kappa shape index (κ2) is 8.39. The van der Waals surface area contributed by atoms with Crippen molar-refractivity contribution in [1.29, 1.82) is 0 Å². The molecule has 0 amide bonds. The Kier molecular flexibility index (Phi) is 5.53. The Bertz CT molecular complexity index is 893. The van der Waals surface area contributed by atoms with Gasteiger partial charge in [-0.3, -0.25) is 4.98 Å². The van der Waals surface area contributed by atoms with Crippen molar-refractivity contribution in [2.75, 3.05) is 37.6 Å². The van der Waals surface area contributed by atoms with E-state index in [1.165, 1.54) is 15.8 Å². The minimum Gasteiger partial charge on any atom is -0.360 e. The Morgan fingerprint density at radius 2 is 1.96 bits per heavy atom. The molecule has 1 aliphatic heterocycles. The predicted octanol–water partition coefficient (Wildman–Crippen LogP) is 3.58. The summed E-state index contributed by atoms with van der Waals surface area (Å²) >= 11 is 1.81. The SMILES string of the molecule is CCNC(=NCc1nccc2ccccc12)N1CCN(c2cccs2)CC1. The summed E-state index contributed by atoms with van der Waals surface area (Å²) in [7, 11) is 0. The minimum absolute atomic E-state index is 0.592. The number of piperazine rings is 1. The monoisotopic (exact) mass is 379 g/mol. The molecule has 0 unspecified atom stereocenters. The summed E-state index contributed by atoms with van der Waals surface area (Å²) in [5.41, 5.74) is 1.03. The van der Waals surface area contributed by atoms with E-state index < -0.39 is 0 Å². The van der Waals surface area contributed by atoms with Crippen LogP contribution in [-0.4, -0.2) is 48.6 Å². The number of hydrogen-bond acceptors (Lipinski definition) is 4. The number of hydrogen-bond donors (Lipinski definition) is 1.